The van der Waals surface area contributed by atoms with Gasteiger partial charge in [0.15, 0.2) is 5.16 Å². The van der Waals surface area contributed by atoms with Crippen molar-refractivity contribution in [2.24, 2.45) is 0 Å². The number of ether oxygens (including phenoxy) is 1. The number of hydrogen-bond donors (Lipinski definition) is 0. The Morgan fingerprint density at radius 1 is 0.966 bits per heavy atom. The number of hydrogen-bond acceptors (Lipinski definition) is 4. The molecule has 0 saturated heterocycles. The lowest BCUT2D eigenvalue weighted by Crippen LogP contribution is -2.21. The molecular weight excluding hydrogens is 427 g/mol. The summed E-state index contributed by atoms with van der Waals surface area (Å²) in [6.45, 7) is 0. The van der Waals surface area contributed by atoms with Crippen molar-refractivity contribution in [3.63, 3.8) is 0 Å². The SMILES string of the molecule is COc1ccc(CSc2nc3ccc(Cl)cc3c(=O)n2-c2ccc(Cl)cc2)cc1. The minimum atomic E-state index is -0.169. The number of methoxy groups -OCH3 is 1. The van der Waals surface area contributed by atoms with Gasteiger partial charge in [0, 0.05) is 15.8 Å². The van der Waals surface area contributed by atoms with Crippen molar-refractivity contribution >= 4 is 45.9 Å². The second-order valence-corrected chi connectivity index (χ2v) is 8.12. The molecular formula is C22H16Cl2N2O2S. The van der Waals surface area contributed by atoms with Crippen LogP contribution in [-0.4, -0.2) is 16.7 Å². The summed E-state index contributed by atoms with van der Waals surface area (Å²) in [7, 11) is 1.64. The van der Waals surface area contributed by atoms with Gasteiger partial charge < -0.3 is 4.74 Å². The number of thioether (sulfide) groups is 1. The fraction of sp³-hybridized carbons (Fsp3) is 0.0909. The van der Waals surface area contributed by atoms with E-state index in [0.717, 1.165) is 11.3 Å². The standard InChI is InChI=1S/C22H16Cl2N2O2S/c1-28-18-9-2-14(3-10-18)13-29-22-25-20-11-6-16(24)12-19(20)21(27)26(22)17-7-4-15(23)5-8-17/h2-12H,13H2,1H3. The smallest absolute Gasteiger partial charge is 0.266 e. The van der Waals surface area contributed by atoms with Crippen LogP contribution in [0.15, 0.2) is 76.7 Å². The minimum Gasteiger partial charge on any atom is -0.497 e. The van der Waals surface area contributed by atoms with Crippen LogP contribution in [0.25, 0.3) is 16.6 Å². The highest BCUT2D eigenvalue weighted by atomic mass is 35.5. The maximum atomic E-state index is 13.3. The Labute approximate surface area is 182 Å². The number of nitrogens with zero attached hydrogens (tertiary/aromatic N) is 2. The number of aromatic nitrogens is 2. The lowest BCUT2D eigenvalue weighted by molar-refractivity contribution is 0.414. The summed E-state index contributed by atoms with van der Waals surface area (Å²) in [5.41, 5.74) is 2.24. The van der Waals surface area contributed by atoms with Gasteiger partial charge in [-0.1, -0.05) is 47.1 Å². The molecule has 0 unspecified atom stereocenters. The van der Waals surface area contributed by atoms with Crippen LogP contribution in [0.3, 0.4) is 0 Å². The van der Waals surface area contributed by atoms with Crippen molar-refractivity contribution in [2.75, 3.05) is 7.11 Å². The maximum Gasteiger partial charge on any atom is 0.266 e. The molecule has 4 nitrogen and oxygen atoms in total. The van der Waals surface area contributed by atoms with Crippen molar-refractivity contribution in [1.82, 2.24) is 9.55 Å². The van der Waals surface area contributed by atoms with Crippen molar-refractivity contribution in [3.05, 3.63) is 92.7 Å². The second-order valence-electron chi connectivity index (χ2n) is 6.31. The van der Waals surface area contributed by atoms with E-state index >= 15 is 0 Å². The van der Waals surface area contributed by atoms with Crippen LogP contribution in [0.1, 0.15) is 5.56 Å². The van der Waals surface area contributed by atoms with Crippen LogP contribution in [0.2, 0.25) is 10.0 Å². The highest BCUT2D eigenvalue weighted by Gasteiger charge is 2.14. The molecule has 0 aliphatic rings. The molecule has 3 aromatic carbocycles. The quantitative estimate of drug-likeness (QED) is 0.281. The Hall–Kier alpha value is -2.47. The zero-order valence-corrected chi connectivity index (χ0v) is 17.8. The molecule has 0 saturated carbocycles. The van der Waals surface area contributed by atoms with E-state index in [9.17, 15) is 4.79 Å². The molecule has 146 valence electrons. The Balaban J connectivity index is 1.80. The van der Waals surface area contributed by atoms with Crippen LogP contribution in [0.4, 0.5) is 0 Å². The third-order valence-corrected chi connectivity index (χ3v) is 5.91. The molecule has 0 aliphatic carbocycles. The average Bonchev–Trinajstić information content (AvgIpc) is 2.74. The van der Waals surface area contributed by atoms with Gasteiger partial charge >= 0.3 is 0 Å². The predicted octanol–water partition coefficient (Wildman–Crippen LogP) is 5.99. The minimum absolute atomic E-state index is 0.169. The van der Waals surface area contributed by atoms with Crippen LogP contribution in [-0.2, 0) is 5.75 Å². The molecule has 0 spiro atoms. The summed E-state index contributed by atoms with van der Waals surface area (Å²) in [5.74, 6) is 1.46. The maximum absolute atomic E-state index is 13.3. The van der Waals surface area contributed by atoms with Crippen molar-refractivity contribution in [1.29, 1.82) is 0 Å². The van der Waals surface area contributed by atoms with Crippen molar-refractivity contribution < 1.29 is 4.74 Å². The van der Waals surface area contributed by atoms with E-state index in [1.54, 1.807) is 54.1 Å². The molecule has 0 radical (unpaired) electrons. The summed E-state index contributed by atoms with van der Waals surface area (Å²) in [6.07, 6.45) is 0. The van der Waals surface area contributed by atoms with E-state index in [1.807, 2.05) is 24.3 Å². The third-order valence-electron chi connectivity index (χ3n) is 4.41. The molecule has 1 aromatic heterocycles. The molecule has 0 fully saturated rings. The molecule has 29 heavy (non-hydrogen) atoms. The molecule has 0 aliphatic heterocycles. The second kappa shape index (κ2) is 8.49. The average molecular weight is 443 g/mol. The van der Waals surface area contributed by atoms with E-state index < -0.39 is 0 Å². The Kier molecular flexibility index (Phi) is 5.81. The summed E-state index contributed by atoms with van der Waals surface area (Å²) in [6, 6.07) is 20.1. The zero-order chi connectivity index (χ0) is 20.4. The van der Waals surface area contributed by atoms with E-state index in [4.69, 9.17) is 32.9 Å². The summed E-state index contributed by atoms with van der Waals surface area (Å²) in [4.78, 5) is 18.0. The van der Waals surface area contributed by atoms with E-state index in [-0.39, 0.29) is 5.56 Å². The predicted molar refractivity (Wildman–Crippen MR) is 120 cm³/mol. The lowest BCUT2D eigenvalue weighted by atomic mass is 10.2. The van der Waals surface area contributed by atoms with Gasteiger partial charge in [0.2, 0.25) is 0 Å². The van der Waals surface area contributed by atoms with Gasteiger partial charge in [0.1, 0.15) is 5.75 Å². The van der Waals surface area contributed by atoms with E-state index in [0.29, 0.717) is 37.5 Å². The number of fused-ring (bicyclic) bond motifs is 1. The van der Waals surface area contributed by atoms with Crippen LogP contribution < -0.4 is 10.3 Å². The topological polar surface area (TPSA) is 44.1 Å². The highest BCUT2D eigenvalue weighted by Crippen LogP contribution is 2.27. The van der Waals surface area contributed by atoms with Gasteiger partial charge in [0.05, 0.1) is 23.7 Å². The molecule has 0 atom stereocenters. The molecule has 0 bridgehead atoms. The summed E-state index contributed by atoms with van der Waals surface area (Å²) in [5, 5.41) is 2.17. The van der Waals surface area contributed by atoms with Gasteiger partial charge in [0.25, 0.3) is 5.56 Å². The highest BCUT2D eigenvalue weighted by molar-refractivity contribution is 7.98. The lowest BCUT2D eigenvalue weighted by Gasteiger charge is -2.13. The molecule has 4 aromatic rings. The Bertz CT molecular complexity index is 1220. The van der Waals surface area contributed by atoms with E-state index in [1.165, 1.54) is 11.8 Å². The number of rotatable bonds is 5. The third kappa shape index (κ3) is 4.27. The molecule has 0 N–H and O–H groups in total. The molecule has 7 heteroatoms. The van der Waals surface area contributed by atoms with E-state index in [2.05, 4.69) is 0 Å². The molecule has 0 amide bonds. The number of halogens is 2. The van der Waals surface area contributed by atoms with Crippen LogP contribution in [0.5, 0.6) is 5.75 Å². The first-order chi connectivity index (χ1) is 14.0. The largest absolute Gasteiger partial charge is 0.497 e. The normalized spacial score (nSPS) is 11.0. The van der Waals surface area contributed by atoms with Gasteiger partial charge in [-0.2, -0.15) is 0 Å². The fourth-order valence-corrected chi connectivity index (χ4v) is 4.19. The van der Waals surface area contributed by atoms with Gasteiger partial charge in [-0.05, 0) is 60.2 Å². The summed E-state index contributed by atoms with van der Waals surface area (Å²) < 4.78 is 6.81. The first kappa shape index (κ1) is 19.8. The molecule has 4 rings (SSSR count). The molecule has 1 heterocycles. The number of benzene rings is 3. The fourth-order valence-electron chi connectivity index (χ4n) is 2.92. The van der Waals surface area contributed by atoms with Gasteiger partial charge in [-0.15, -0.1) is 0 Å². The van der Waals surface area contributed by atoms with Gasteiger partial charge in [-0.3, -0.25) is 9.36 Å². The monoisotopic (exact) mass is 442 g/mol. The van der Waals surface area contributed by atoms with Crippen molar-refractivity contribution in [2.45, 2.75) is 10.9 Å². The zero-order valence-electron chi connectivity index (χ0n) is 15.4. The van der Waals surface area contributed by atoms with Crippen LogP contribution in [0, 0.1) is 0 Å². The first-order valence-electron chi connectivity index (χ1n) is 8.79. The van der Waals surface area contributed by atoms with Crippen LogP contribution >= 0.6 is 35.0 Å². The summed E-state index contributed by atoms with van der Waals surface area (Å²) >= 11 is 13.6. The Morgan fingerprint density at radius 3 is 2.34 bits per heavy atom. The first-order valence-corrected chi connectivity index (χ1v) is 10.5. The Morgan fingerprint density at radius 2 is 1.66 bits per heavy atom. The van der Waals surface area contributed by atoms with Crippen molar-refractivity contribution in [3.8, 4) is 11.4 Å². The van der Waals surface area contributed by atoms with Gasteiger partial charge in [-0.25, -0.2) is 4.98 Å².